The van der Waals surface area contributed by atoms with Crippen molar-refractivity contribution in [3.63, 3.8) is 0 Å². The maximum absolute atomic E-state index is 12.3. The third kappa shape index (κ3) is 6.94. The first-order chi connectivity index (χ1) is 17.0. The summed E-state index contributed by atoms with van der Waals surface area (Å²) in [5.41, 5.74) is 4.34. The predicted octanol–water partition coefficient (Wildman–Crippen LogP) is 6.62. The van der Waals surface area contributed by atoms with E-state index in [1.807, 2.05) is 80.6 Å². The van der Waals surface area contributed by atoms with E-state index in [1.54, 1.807) is 12.1 Å². The molecule has 1 heterocycles. The molecule has 0 radical (unpaired) electrons. The number of hydrogen-bond donors (Lipinski definition) is 4. The van der Waals surface area contributed by atoms with Gasteiger partial charge in [-0.05, 0) is 81.4 Å². The zero-order chi connectivity index (χ0) is 24.6. The van der Waals surface area contributed by atoms with E-state index in [4.69, 9.17) is 4.74 Å². The van der Waals surface area contributed by atoms with Gasteiger partial charge in [0.1, 0.15) is 23.2 Å². The van der Waals surface area contributed by atoms with Crippen LogP contribution in [0.5, 0.6) is 5.75 Å². The highest BCUT2D eigenvalue weighted by Crippen LogP contribution is 2.22. The summed E-state index contributed by atoms with van der Waals surface area (Å²) >= 11 is 0. The van der Waals surface area contributed by atoms with Gasteiger partial charge in [0.2, 0.25) is 0 Å². The monoisotopic (exact) mass is 468 g/mol. The number of carbonyl (C=O) groups is 1. The Morgan fingerprint density at radius 2 is 1.17 bits per heavy atom. The molecule has 0 aliphatic carbocycles. The molecule has 0 bridgehead atoms. The smallest absolute Gasteiger partial charge is 0.323 e. The number of rotatable bonds is 8. The lowest BCUT2D eigenvalue weighted by molar-refractivity contribution is 0.262. The number of ether oxygens (including phenoxy) is 1. The van der Waals surface area contributed by atoms with E-state index in [1.165, 1.54) is 5.56 Å². The first-order valence-electron chi connectivity index (χ1n) is 11.3. The molecule has 0 aliphatic heterocycles. The van der Waals surface area contributed by atoms with Gasteiger partial charge in [-0.1, -0.05) is 17.7 Å². The Balaban J connectivity index is 1.35. The van der Waals surface area contributed by atoms with E-state index < -0.39 is 0 Å². The molecule has 0 saturated heterocycles. The number of nitrogens with one attached hydrogen (secondary N) is 4. The Morgan fingerprint density at radius 1 is 0.714 bits per heavy atom. The van der Waals surface area contributed by atoms with Gasteiger partial charge in [-0.2, -0.15) is 0 Å². The molecular weight excluding hydrogens is 440 g/mol. The zero-order valence-corrected chi connectivity index (χ0v) is 19.9. The molecule has 8 nitrogen and oxygen atoms in total. The molecule has 4 N–H and O–H groups in total. The molecule has 178 valence electrons. The van der Waals surface area contributed by atoms with Gasteiger partial charge >= 0.3 is 6.03 Å². The maximum Gasteiger partial charge on any atom is 0.323 e. The summed E-state index contributed by atoms with van der Waals surface area (Å²) in [5, 5.41) is 12.2. The number of anilines is 6. The van der Waals surface area contributed by atoms with E-state index in [0.717, 1.165) is 17.1 Å². The summed E-state index contributed by atoms with van der Waals surface area (Å²) in [7, 11) is 0. The number of benzene rings is 3. The first-order valence-corrected chi connectivity index (χ1v) is 11.3. The standard InChI is InChI=1S/C27H28N6O2/c1-4-35-24-15-13-23(14-16-24)33-27(34)32-22-11-9-21(10-12-22)31-26-17-25(28-19(3)29-26)30-20-7-5-18(2)6-8-20/h5-17H,4H2,1-3H3,(H2,32,33,34)(H2,28,29,30,31). The maximum atomic E-state index is 12.3. The molecular formula is C27H28N6O2. The molecule has 0 fully saturated rings. The normalized spacial score (nSPS) is 10.4. The number of aromatic nitrogens is 2. The van der Waals surface area contributed by atoms with Crippen LogP contribution in [0.4, 0.5) is 39.2 Å². The quantitative estimate of drug-likeness (QED) is 0.232. The molecule has 8 heteroatoms. The van der Waals surface area contributed by atoms with Gasteiger partial charge in [0, 0.05) is 28.8 Å². The van der Waals surface area contributed by atoms with Crippen LogP contribution in [0.25, 0.3) is 0 Å². The van der Waals surface area contributed by atoms with Crippen LogP contribution in [0, 0.1) is 13.8 Å². The SMILES string of the molecule is CCOc1ccc(NC(=O)Nc2ccc(Nc3cc(Nc4ccc(C)cc4)nc(C)n3)cc2)cc1. The van der Waals surface area contributed by atoms with E-state index in [2.05, 4.69) is 38.2 Å². The minimum absolute atomic E-state index is 0.326. The molecule has 4 rings (SSSR count). The Morgan fingerprint density at radius 3 is 1.69 bits per heavy atom. The van der Waals surface area contributed by atoms with E-state index in [9.17, 15) is 4.79 Å². The molecule has 0 saturated carbocycles. The molecule has 3 aromatic carbocycles. The van der Waals surface area contributed by atoms with Gasteiger partial charge < -0.3 is 26.0 Å². The largest absolute Gasteiger partial charge is 0.494 e. The fourth-order valence-electron chi connectivity index (χ4n) is 3.36. The van der Waals surface area contributed by atoms with Crippen LogP contribution in [-0.2, 0) is 0 Å². The van der Waals surface area contributed by atoms with Crippen molar-refractivity contribution in [3.05, 3.63) is 90.3 Å². The van der Waals surface area contributed by atoms with Crippen molar-refractivity contribution < 1.29 is 9.53 Å². The van der Waals surface area contributed by atoms with Gasteiger partial charge in [-0.3, -0.25) is 0 Å². The van der Waals surface area contributed by atoms with Crippen LogP contribution >= 0.6 is 0 Å². The van der Waals surface area contributed by atoms with Crippen LogP contribution in [0.2, 0.25) is 0 Å². The van der Waals surface area contributed by atoms with Crippen molar-refractivity contribution in [1.82, 2.24) is 9.97 Å². The summed E-state index contributed by atoms with van der Waals surface area (Å²) in [6, 6.07) is 24.2. The van der Waals surface area contributed by atoms with Crippen molar-refractivity contribution in [1.29, 1.82) is 0 Å². The number of carbonyl (C=O) groups excluding carboxylic acids is 1. The van der Waals surface area contributed by atoms with Crippen LogP contribution in [0.15, 0.2) is 78.9 Å². The molecule has 35 heavy (non-hydrogen) atoms. The molecule has 4 aromatic rings. The highest BCUT2D eigenvalue weighted by atomic mass is 16.5. The van der Waals surface area contributed by atoms with Crippen LogP contribution in [-0.4, -0.2) is 22.6 Å². The van der Waals surface area contributed by atoms with Gasteiger partial charge in [0.25, 0.3) is 0 Å². The summed E-state index contributed by atoms with van der Waals surface area (Å²) in [4.78, 5) is 21.3. The molecule has 0 unspecified atom stereocenters. The second-order valence-corrected chi connectivity index (χ2v) is 7.92. The summed E-state index contributed by atoms with van der Waals surface area (Å²) < 4.78 is 5.41. The number of hydrogen-bond acceptors (Lipinski definition) is 6. The van der Waals surface area contributed by atoms with Crippen molar-refractivity contribution >= 4 is 40.4 Å². The van der Waals surface area contributed by atoms with E-state index in [0.29, 0.717) is 35.4 Å². The number of nitrogens with zero attached hydrogens (tertiary/aromatic N) is 2. The Labute approximate surface area is 204 Å². The Hall–Kier alpha value is -4.59. The van der Waals surface area contributed by atoms with Crippen molar-refractivity contribution in [2.24, 2.45) is 0 Å². The molecule has 0 spiro atoms. The highest BCUT2D eigenvalue weighted by Gasteiger charge is 2.06. The van der Waals surface area contributed by atoms with Gasteiger partial charge in [0.15, 0.2) is 0 Å². The lowest BCUT2D eigenvalue weighted by Gasteiger charge is -2.12. The second kappa shape index (κ2) is 11.0. The van der Waals surface area contributed by atoms with Crippen molar-refractivity contribution in [2.75, 3.05) is 27.9 Å². The number of amides is 2. The minimum Gasteiger partial charge on any atom is -0.494 e. The van der Waals surface area contributed by atoms with E-state index in [-0.39, 0.29) is 6.03 Å². The average Bonchev–Trinajstić information content (AvgIpc) is 2.83. The summed E-state index contributed by atoms with van der Waals surface area (Å²) in [6.45, 7) is 6.42. The molecule has 1 aromatic heterocycles. The Bertz CT molecular complexity index is 1270. The van der Waals surface area contributed by atoms with Gasteiger partial charge in [0.05, 0.1) is 6.61 Å². The van der Waals surface area contributed by atoms with Crippen molar-refractivity contribution in [3.8, 4) is 5.75 Å². The average molecular weight is 469 g/mol. The third-order valence-corrected chi connectivity index (χ3v) is 5.00. The van der Waals surface area contributed by atoms with Crippen LogP contribution < -0.4 is 26.0 Å². The summed E-state index contributed by atoms with van der Waals surface area (Å²) in [6.07, 6.45) is 0. The fraction of sp³-hybridized carbons (Fsp3) is 0.148. The molecule has 0 aliphatic rings. The van der Waals surface area contributed by atoms with E-state index >= 15 is 0 Å². The van der Waals surface area contributed by atoms with Crippen LogP contribution in [0.1, 0.15) is 18.3 Å². The van der Waals surface area contributed by atoms with Crippen molar-refractivity contribution in [2.45, 2.75) is 20.8 Å². The van der Waals surface area contributed by atoms with Crippen LogP contribution in [0.3, 0.4) is 0 Å². The third-order valence-electron chi connectivity index (χ3n) is 5.00. The Kier molecular flexibility index (Phi) is 7.42. The fourth-order valence-corrected chi connectivity index (χ4v) is 3.36. The predicted molar refractivity (Wildman–Crippen MR) is 141 cm³/mol. The second-order valence-electron chi connectivity index (χ2n) is 7.92. The number of urea groups is 1. The molecule has 0 atom stereocenters. The zero-order valence-electron chi connectivity index (χ0n) is 19.9. The molecule has 2 amide bonds. The lowest BCUT2D eigenvalue weighted by Crippen LogP contribution is -2.19. The lowest BCUT2D eigenvalue weighted by atomic mass is 10.2. The summed E-state index contributed by atoms with van der Waals surface area (Å²) in [5.74, 6) is 2.78. The van der Waals surface area contributed by atoms with Gasteiger partial charge in [-0.25, -0.2) is 14.8 Å². The van der Waals surface area contributed by atoms with Gasteiger partial charge in [-0.15, -0.1) is 0 Å². The minimum atomic E-state index is -0.326. The first kappa shape index (κ1) is 23.6. The topological polar surface area (TPSA) is 100 Å². The highest BCUT2D eigenvalue weighted by molar-refractivity contribution is 5.99. The number of aryl methyl sites for hydroxylation is 2.